The molecule has 0 spiro atoms. The number of nitrogens with one attached hydrogen (secondary N) is 1. The number of benzene rings is 1. The molecule has 1 aromatic heterocycles. The predicted octanol–water partition coefficient (Wildman–Crippen LogP) is 3.36. The monoisotopic (exact) mass is 272 g/mol. The molecule has 106 valence electrons. The van der Waals surface area contributed by atoms with Crippen molar-refractivity contribution >= 4 is 5.69 Å². The lowest BCUT2D eigenvalue weighted by atomic mass is 10.3. The summed E-state index contributed by atoms with van der Waals surface area (Å²) in [6.45, 7) is 4.06. The Kier molecular flexibility index (Phi) is 5.71. The zero-order valence-corrected chi connectivity index (χ0v) is 11.7. The van der Waals surface area contributed by atoms with Gasteiger partial charge in [0.1, 0.15) is 24.7 Å². The van der Waals surface area contributed by atoms with Crippen molar-refractivity contribution in [3.63, 3.8) is 0 Å². The molecule has 2 aromatic rings. The van der Waals surface area contributed by atoms with Crippen molar-refractivity contribution in [1.82, 2.24) is 4.98 Å². The van der Waals surface area contributed by atoms with Crippen LogP contribution in [0.2, 0.25) is 0 Å². The fourth-order valence-electron chi connectivity index (χ4n) is 1.70. The van der Waals surface area contributed by atoms with Crippen molar-refractivity contribution in [2.75, 3.05) is 25.1 Å². The van der Waals surface area contributed by atoms with Gasteiger partial charge >= 0.3 is 0 Å². The highest BCUT2D eigenvalue weighted by Gasteiger charge is 1.98. The lowest BCUT2D eigenvalue weighted by Crippen LogP contribution is -2.09. The van der Waals surface area contributed by atoms with Crippen LogP contribution in [0.3, 0.4) is 0 Å². The third-order valence-electron chi connectivity index (χ3n) is 2.66. The van der Waals surface area contributed by atoms with Gasteiger partial charge in [0.05, 0.1) is 18.1 Å². The lowest BCUT2D eigenvalue weighted by Gasteiger charge is -2.09. The third-order valence-corrected chi connectivity index (χ3v) is 2.66. The third kappa shape index (κ3) is 4.80. The molecule has 20 heavy (non-hydrogen) atoms. The molecule has 0 atom stereocenters. The van der Waals surface area contributed by atoms with E-state index < -0.39 is 0 Å². The van der Waals surface area contributed by atoms with Gasteiger partial charge in [0, 0.05) is 12.6 Å². The molecular formula is C16H20N2O2. The van der Waals surface area contributed by atoms with E-state index in [9.17, 15) is 0 Å². The molecule has 0 unspecified atom stereocenters. The summed E-state index contributed by atoms with van der Waals surface area (Å²) < 4.78 is 11.2. The number of hydrogen-bond donors (Lipinski definition) is 1. The molecule has 0 aliphatic rings. The number of hydrogen-bond acceptors (Lipinski definition) is 4. The highest BCUT2D eigenvalue weighted by atomic mass is 16.5. The van der Waals surface area contributed by atoms with Gasteiger partial charge in [-0.1, -0.05) is 25.1 Å². The molecule has 0 saturated heterocycles. The fourth-order valence-corrected chi connectivity index (χ4v) is 1.70. The minimum atomic E-state index is 0.494. The van der Waals surface area contributed by atoms with Crippen LogP contribution in [0, 0.1) is 0 Å². The van der Waals surface area contributed by atoms with Crippen LogP contribution in [-0.4, -0.2) is 24.7 Å². The van der Waals surface area contributed by atoms with Gasteiger partial charge in [-0.15, -0.1) is 0 Å². The highest BCUT2D eigenvalue weighted by Crippen LogP contribution is 2.15. The zero-order valence-electron chi connectivity index (χ0n) is 11.7. The molecule has 1 N–H and O–H groups in total. The van der Waals surface area contributed by atoms with Crippen LogP contribution in [0.15, 0.2) is 48.8 Å². The highest BCUT2D eigenvalue weighted by molar-refractivity contribution is 5.45. The first kappa shape index (κ1) is 14.2. The molecule has 0 amide bonds. The summed E-state index contributed by atoms with van der Waals surface area (Å²) in [6.07, 6.45) is 4.58. The van der Waals surface area contributed by atoms with E-state index in [4.69, 9.17) is 9.47 Å². The SMILES string of the molecule is CCCNc1cncc(OCCOc2ccccc2)c1. The van der Waals surface area contributed by atoms with Gasteiger partial charge in [-0.25, -0.2) is 0 Å². The van der Waals surface area contributed by atoms with Crippen molar-refractivity contribution in [3.8, 4) is 11.5 Å². The maximum Gasteiger partial charge on any atom is 0.139 e. The topological polar surface area (TPSA) is 43.4 Å². The molecule has 0 aliphatic carbocycles. The van der Waals surface area contributed by atoms with Crippen molar-refractivity contribution in [2.24, 2.45) is 0 Å². The average molecular weight is 272 g/mol. The smallest absolute Gasteiger partial charge is 0.139 e. The van der Waals surface area contributed by atoms with Crippen molar-refractivity contribution < 1.29 is 9.47 Å². The van der Waals surface area contributed by atoms with E-state index in [1.54, 1.807) is 12.4 Å². The second kappa shape index (κ2) is 8.04. The van der Waals surface area contributed by atoms with E-state index >= 15 is 0 Å². The molecule has 0 radical (unpaired) electrons. The van der Waals surface area contributed by atoms with Gasteiger partial charge in [-0.05, 0) is 18.6 Å². The Hall–Kier alpha value is -2.23. The summed E-state index contributed by atoms with van der Waals surface area (Å²) in [6, 6.07) is 11.7. The Morgan fingerprint density at radius 3 is 2.50 bits per heavy atom. The molecule has 0 aliphatic heterocycles. The molecule has 1 aromatic carbocycles. The number of anilines is 1. The minimum absolute atomic E-state index is 0.494. The van der Waals surface area contributed by atoms with Gasteiger partial charge < -0.3 is 14.8 Å². The second-order valence-electron chi connectivity index (χ2n) is 4.35. The number of para-hydroxylation sites is 1. The van der Waals surface area contributed by atoms with E-state index in [1.807, 2.05) is 36.4 Å². The minimum Gasteiger partial charge on any atom is -0.490 e. The van der Waals surface area contributed by atoms with Crippen LogP contribution < -0.4 is 14.8 Å². The molecule has 0 fully saturated rings. The largest absolute Gasteiger partial charge is 0.490 e. The van der Waals surface area contributed by atoms with Gasteiger partial charge in [0.2, 0.25) is 0 Å². The normalized spacial score (nSPS) is 10.1. The predicted molar refractivity (Wildman–Crippen MR) is 80.4 cm³/mol. The van der Waals surface area contributed by atoms with Crippen molar-refractivity contribution in [2.45, 2.75) is 13.3 Å². The van der Waals surface area contributed by atoms with Gasteiger partial charge in [0.15, 0.2) is 0 Å². The fraction of sp³-hybridized carbons (Fsp3) is 0.312. The van der Waals surface area contributed by atoms with Crippen LogP contribution in [-0.2, 0) is 0 Å². The summed E-state index contributed by atoms with van der Waals surface area (Å²) in [7, 11) is 0. The van der Waals surface area contributed by atoms with Crippen molar-refractivity contribution in [3.05, 3.63) is 48.8 Å². The molecule has 1 heterocycles. The average Bonchev–Trinajstić information content (AvgIpc) is 2.51. The van der Waals surface area contributed by atoms with E-state index in [-0.39, 0.29) is 0 Å². The van der Waals surface area contributed by atoms with Gasteiger partial charge in [-0.2, -0.15) is 0 Å². The first-order valence-electron chi connectivity index (χ1n) is 6.88. The molecule has 4 heteroatoms. The number of pyridine rings is 1. The maximum atomic E-state index is 5.62. The Balaban J connectivity index is 1.73. The quantitative estimate of drug-likeness (QED) is 0.748. The molecular weight excluding hydrogens is 252 g/mol. The summed E-state index contributed by atoms with van der Waals surface area (Å²) in [4.78, 5) is 4.15. The maximum absolute atomic E-state index is 5.62. The van der Waals surface area contributed by atoms with Crippen LogP contribution in [0.4, 0.5) is 5.69 Å². The molecule has 0 saturated carbocycles. The molecule has 2 rings (SSSR count). The Morgan fingerprint density at radius 2 is 1.75 bits per heavy atom. The Labute approximate surface area is 119 Å². The van der Waals surface area contributed by atoms with E-state index in [0.29, 0.717) is 13.2 Å². The molecule has 4 nitrogen and oxygen atoms in total. The van der Waals surface area contributed by atoms with Crippen LogP contribution in [0.5, 0.6) is 11.5 Å². The van der Waals surface area contributed by atoms with E-state index in [1.165, 1.54) is 0 Å². The summed E-state index contributed by atoms with van der Waals surface area (Å²) in [5, 5.41) is 3.28. The number of ether oxygens (including phenoxy) is 2. The number of aromatic nitrogens is 1. The lowest BCUT2D eigenvalue weighted by molar-refractivity contribution is 0.216. The molecule has 0 bridgehead atoms. The van der Waals surface area contributed by atoms with Crippen LogP contribution in [0.25, 0.3) is 0 Å². The van der Waals surface area contributed by atoms with E-state index in [2.05, 4.69) is 17.2 Å². The summed E-state index contributed by atoms with van der Waals surface area (Å²) in [5.74, 6) is 1.61. The van der Waals surface area contributed by atoms with Crippen LogP contribution >= 0.6 is 0 Å². The standard InChI is InChI=1S/C16H20N2O2/c1-2-8-18-14-11-16(13-17-12-14)20-10-9-19-15-6-4-3-5-7-15/h3-7,11-13,18H,2,8-10H2,1H3. The summed E-state index contributed by atoms with van der Waals surface area (Å²) in [5.41, 5.74) is 0.980. The first-order valence-corrected chi connectivity index (χ1v) is 6.88. The second-order valence-corrected chi connectivity index (χ2v) is 4.35. The van der Waals surface area contributed by atoms with Crippen molar-refractivity contribution in [1.29, 1.82) is 0 Å². The zero-order chi connectivity index (χ0) is 14.0. The Bertz CT molecular complexity index is 503. The van der Waals surface area contributed by atoms with Gasteiger partial charge in [-0.3, -0.25) is 4.98 Å². The summed E-state index contributed by atoms with van der Waals surface area (Å²) >= 11 is 0. The Morgan fingerprint density at radius 1 is 1.00 bits per heavy atom. The number of nitrogens with zero attached hydrogens (tertiary/aromatic N) is 1. The van der Waals surface area contributed by atoms with Gasteiger partial charge in [0.25, 0.3) is 0 Å². The van der Waals surface area contributed by atoms with E-state index in [0.717, 1.165) is 30.2 Å². The number of rotatable bonds is 8. The van der Waals surface area contributed by atoms with Crippen LogP contribution in [0.1, 0.15) is 13.3 Å². The first-order chi connectivity index (χ1) is 9.88.